The fraction of sp³-hybridized carbons (Fsp3) is 0.902. The molecule has 3 saturated carbocycles. The van der Waals surface area contributed by atoms with Gasteiger partial charge >= 0.3 is 5.97 Å². The number of rotatable bonds is 17. The van der Waals surface area contributed by atoms with Crippen LogP contribution in [-0.2, 0) is 14.3 Å². The number of carbonyl (C=O) groups excluding carboxylic acids is 2. The maximum Gasteiger partial charge on any atom is 0.306 e. The monoisotopic (exact) mass is 728 g/mol. The Hall–Kier alpha value is -0.820. The van der Waals surface area contributed by atoms with Gasteiger partial charge in [-0.05, 0) is 145 Å². The van der Waals surface area contributed by atoms with Gasteiger partial charge in [0.1, 0.15) is 6.10 Å². The quantitative estimate of drug-likeness (QED) is 0.110. The van der Waals surface area contributed by atoms with Gasteiger partial charge in [0.25, 0.3) is 0 Å². The second kappa shape index (κ2) is 19.9. The van der Waals surface area contributed by atoms with Crippen molar-refractivity contribution < 1.29 is 14.3 Å². The van der Waals surface area contributed by atoms with Crippen molar-refractivity contribution in [1.29, 1.82) is 0 Å². The predicted octanol–water partition coefficient (Wildman–Crippen LogP) is 9.30. The average Bonchev–Trinajstić information content (AvgIpc) is 3.36. The summed E-state index contributed by atoms with van der Waals surface area (Å²) in [4.78, 5) is 32.5. The van der Waals surface area contributed by atoms with Gasteiger partial charge in [0, 0.05) is 25.9 Å². The maximum atomic E-state index is 13.2. The van der Waals surface area contributed by atoms with Gasteiger partial charge in [0.15, 0.2) is 0 Å². The van der Waals surface area contributed by atoms with Crippen LogP contribution in [-0.4, -0.2) is 87.0 Å². The number of esters is 1. The molecule has 286 valence electrons. The van der Waals surface area contributed by atoms with Crippen LogP contribution in [0.15, 0.2) is 11.6 Å². The van der Waals surface area contributed by atoms with E-state index in [1.807, 2.05) is 4.90 Å². The first-order chi connectivity index (χ1) is 22.2. The lowest BCUT2D eigenvalue weighted by Gasteiger charge is -2.58. The van der Waals surface area contributed by atoms with E-state index in [4.69, 9.17) is 4.74 Å². The molecule has 8 atom stereocenters. The maximum absolute atomic E-state index is 13.2. The van der Waals surface area contributed by atoms with Crippen LogP contribution in [0.3, 0.4) is 0 Å². The van der Waals surface area contributed by atoms with E-state index in [0.717, 1.165) is 93.8 Å². The highest BCUT2D eigenvalue weighted by Gasteiger charge is 2.59. The van der Waals surface area contributed by atoms with Crippen molar-refractivity contribution in [2.45, 2.75) is 137 Å². The van der Waals surface area contributed by atoms with Crippen LogP contribution >= 0.6 is 24.8 Å². The molecule has 0 bridgehead atoms. The predicted molar refractivity (Wildman–Crippen MR) is 210 cm³/mol. The molecule has 0 aliphatic heterocycles. The standard InChI is InChI=1S/C41H73N3O3.2ClH/c1-30(2)13-10-14-31(3)35-17-18-36-34-16-15-32-29-33(21-23-40(32,4)37(34)22-24-41(35,36)5)47-39(46)20-19-38(45)44(27-11-25-42(6)7)28-12-26-43(8)9;;/h15,30-31,33-37H,10-14,16-29H2,1-9H3;2*1H/t31?,33-,34-,35+,36-,37-,40-,41+;;/m0../s1. The van der Waals surface area contributed by atoms with Crippen LogP contribution < -0.4 is 0 Å². The van der Waals surface area contributed by atoms with Crippen molar-refractivity contribution in [2.24, 2.45) is 46.3 Å². The van der Waals surface area contributed by atoms with Crippen molar-refractivity contribution >= 4 is 36.7 Å². The Labute approximate surface area is 314 Å². The summed E-state index contributed by atoms with van der Waals surface area (Å²) in [6.45, 7) is 15.9. The zero-order valence-corrected chi connectivity index (χ0v) is 34.6. The summed E-state index contributed by atoms with van der Waals surface area (Å²) in [6.07, 6.45) is 18.9. The molecule has 0 heterocycles. The summed E-state index contributed by atoms with van der Waals surface area (Å²) in [5.41, 5.74) is 2.33. The van der Waals surface area contributed by atoms with E-state index < -0.39 is 0 Å². The third kappa shape index (κ3) is 11.3. The Morgan fingerprint density at radius 3 is 2.08 bits per heavy atom. The number of nitrogens with zero attached hydrogens (tertiary/aromatic N) is 3. The van der Waals surface area contributed by atoms with Crippen molar-refractivity contribution in [3.8, 4) is 0 Å². The van der Waals surface area contributed by atoms with Gasteiger partial charge in [-0.25, -0.2) is 0 Å². The van der Waals surface area contributed by atoms with Gasteiger partial charge in [-0.3, -0.25) is 9.59 Å². The Morgan fingerprint density at radius 2 is 1.47 bits per heavy atom. The van der Waals surface area contributed by atoms with E-state index in [9.17, 15) is 9.59 Å². The van der Waals surface area contributed by atoms with E-state index in [0.29, 0.717) is 5.41 Å². The Bertz CT molecular complexity index is 1050. The number of hydrogen-bond acceptors (Lipinski definition) is 5. The van der Waals surface area contributed by atoms with Crippen LogP contribution in [0, 0.1) is 46.3 Å². The largest absolute Gasteiger partial charge is 0.462 e. The number of allylic oxidation sites excluding steroid dienone is 1. The summed E-state index contributed by atoms with van der Waals surface area (Å²) in [5.74, 6) is 4.90. The van der Waals surface area contributed by atoms with Crippen molar-refractivity contribution in [3.05, 3.63) is 11.6 Å². The van der Waals surface area contributed by atoms with Gasteiger partial charge in [-0.2, -0.15) is 0 Å². The molecular weight excluding hydrogens is 653 g/mol. The number of ether oxygens (including phenoxy) is 1. The average molecular weight is 729 g/mol. The molecule has 1 amide bonds. The van der Waals surface area contributed by atoms with E-state index in [1.54, 1.807) is 5.57 Å². The van der Waals surface area contributed by atoms with Crippen molar-refractivity contribution in [1.82, 2.24) is 14.7 Å². The molecule has 8 heteroatoms. The fourth-order valence-electron chi connectivity index (χ4n) is 10.9. The second-order valence-corrected chi connectivity index (χ2v) is 17.8. The molecule has 49 heavy (non-hydrogen) atoms. The summed E-state index contributed by atoms with van der Waals surface area (Å²) >= 11 is 0. The smallest absolute Gasteiger partial charge is 0.306 e. The third-order valence-corrected chi connectivity index (χ3v) is 13.5. The molecule has 4 aliphatic carbocycles. The van der Waals surface area contributed by atoms with Crippen LogP contribution in [0.1, 0.15) is 131 Å². The van der Waals surface area contributed by atoms with E-state index in [1.165, 1.54) is 51.4 Å². The zero-order chi connectivity index (χ0) is 34.4. The van der Waals surface area contributed by atoms with Gasteiger partial charge < -0.3 is 19.4 Å². The second-order valence-electron chi connectivity index (χ2n) is 17.8. The molecule has 4 aliphatic rings. The number of hydrogen-bond donors (Lipinski definition) is 0. The Balaban J connectivity index is 0.00000417. The fourth-order valence-corrected chi connectivity index (χ4v) is 10.9. The van der Waals surface area contributed by atoms with Gasteiger partial charge in [-0.1, -0.05) is 65.5 Å². The molecule has 4 rings (SSSR count). The molecule has 0 N–H and O–H groups in total. The number of amides is 1. The summed E-state index contributed by atoms with van der Waals surface area (Å²) in [6, 6.07) is 0. The van der Waals surface area contributed by atoms with Crippen molar-refractivity contribution in [2.75, 3.05) is 54.4 Å². The van der Waals surface area contributed by atoms with Crippen LogP contribution in [0.2, 0.25) is 0 Å². The van der Waals surface area contributed by atoms with Crippen molar-refractivity contribution in [3.63, 3.8) is 0 Å². The van der Waals surface area contributed by atoms with E-state index in [2.05, 4.69) is 78.7 Å². The highest BCUT2D eigenvalue weighted by molar-refractivity contribution is 5.85. The normalized spacial score (nSPS) is 31.2. The summed E-state index contributed by atoms with van der Waals surface area (Å²) in [7, 11) is 8.26. The summed E-state index contributed by atoms with van der Waals surface area (Å²) < 4.78 is 6.09. The molecule has 1 unspecified atom stereocenters. The first kappa shape index (κ1) is 44.3. The molecule has 0 aromatic heterocycles. The summed E-state index contributed by atoms with van der Waals surface area (Å²) in [5, 5.41) is 0. The molecule has 0 saturated heterocycles. The number of halogens is 2. The van der Waals surface area contributed by atoms with E-state index in [-0.39, 0.29) is 61.1 Å². The molecule has 0 aromatic carbocycles. The SMILES string of the molecule is CC(C)CCCC(C)[C@H]1CC[C@H]2[C@@H]3CC=C4C[C@@H](OC(=O)CCC(=O)N(CCCN(C)C)CCCN(C)C)CC[C@]4(C)[C@H]3CC[C@]12C.Cl.Cl. The minimum absolute atomic E-state index is 0. The highest BCUT2D eigenvalue weighted by Crippen LogP contribution is 2.67. The minimum Gasteiger partial charge on any atom is -0.462 e. The minimum atomic E-state index is -0.198. The number of fused-ring (bicyclic) bond motifs is 5. The Morgan fingerprint density at radius 1 is 0.816 bits per heavy atom. The molecule has 0 spiro atoms. The zero-order valence-electron chi connectivity index (χ0n) is 32.9. The number of carbonyl (C=O) groups is 2. The first-order valence-corrected chi connectivity index (χ1v) is 19.7. The lowest BCUT2D eigenvalue weighted by Crippen LogP contribution is -2.51. The first-order valence-electron chi connectivity index (χ1n) is 19.7. The van der Waals surface area contributed by atoms with Gasteiger partial charge in [-0.15, -0.1) is 24.8 Å². The Kier molecular flexibility index (Phi) is 18.0. The lowest BCUT2D eigenvalue weighted by molar-refractivity contribution is -0.153. The molecule has 0 aromatic rings. The topological polar surface area (TPSA) is 53.1 Å². The van der Waals surface area contributed by atoms with Gasteiger partial charge in [0.2, 0.25) is 5.91 Å². The van der Waals surface area contributed by atoms with E-state index >= 15 is 0 Å². The lowest BCUT2D eigenvalue weighted by atomic mass is 9.47. The van der Waals surface area contributed by atoms with Crippen LogP contribution in [0.25, 0.3) is 0 Å². The molecule has 3 fully saturated rings. The molecular formula is C41H75Cl2N3O3. The molecule has 0 radical (unpaired) electrons. The van der Waals surface area contributed by atoms with Crippen LogP contribution in [0.5, 0.6) is 0 Å². The molecule has 6 nitrogen and oxygen atoms in total. The van der Waals surface area contributed by atoms with Gasteiger partial charge in [0.05, 0.1) is 6.42 Å². The van der Waals surface area contributed by atoms with Crippen LogP contribution in [0.4, 0.5) is 0 Å². The highest BCUT2D eigenvalue weighted by atomic mass is 35.5. The third-order valence-electron chi connectivity index (χ3n) is 13.5.